The number of nitrogens with one attached hydrogen (secondary N) is 1. The maximum atomic E-state index is 3.59. The van der Waals surface area contributed by atoms with Gasteiger partial charge in [-0.25, -0.2) is 0 Å². The lowest BCUT2D eigenvalue weighted by atomic mass is 9.97. The van der Waals surface area contributed by atoms with Gasteiger partial charge in [0.25, 0.3) is 0 Å². The Morgan fingerprint density at radius 3 is 2.41 bits per heavy atom. The van der Waals surface area contributed by atoms with Crippen molar-refractivity contribution in [1.82, 2.24) is 5.32 Å². The third-order valence-electron chi connectivity index (χ3n) is 3.66. The molecule has 1 nitrogen and oxygen atoms in total. The zero-order chi connectivity index (χ0) is 12.1. The zero-order valence-corrected chi connectivity index (χ0v) is 11.2. The lowest BCUT2D eigenvalue weighted by Gasteiger charge is -2.12. The first kappa shape index (κ1) is 12.6. The quantitative estimate of drug-likeness (QED) is 0.756. The maximum absolute atomic E-state index is 3.59. The van der Waals surface area contributed by atoms with Crippen molar-refractivity contribution in [3.63, 3.8) is 0 Å². The standard InChI is InChI=1S/C16H25N/c1-3-14-4-6-15(7-5-14)12-13(2)10-11-17-16-8-9-16/h4-7,13,16-17H,3,8-12H2,1-2H3. The molecule has 1 saturated carbocycles. The van der Waals surface area contributed by atoms with Crippen LogP contribution < -0.4 is 5.32 Å². The van der Waals surface area contributed by atoms with Crippen LogP contribution >= 0.6 is 0 Å². The van der Waals surface area contributed by atoms with Crippen LogP contribution in [0, 0.1) is 5.92 Å². The second-order valence-electron chi connectivity index (χ2n) is 5.50. The van der Waals surface area contributed by atoms with E-state index in [1.165, 1.54) is 43.4 Å². The van der Waals surface area contributed by atoms with E-state index in [1.807, 2.05) is 0 Å². The highest BCUT2D eigenvalue weighted by Gasteiger charge is 2.19. The summed E-state index contributed by atoms with van der Waals surface area (Å²) in [5, 5.41) is 3.59. The molecule has 1 unspecified atom stereocenters. The minimum Gasteiger partial charge on any atom is -0.314 e. The molecular weight excluding hydrogens is 206 g/mol. The number of benzene rings is 1. The fourth-order valence-electron chi connectivity index (χ4n) is 2.24. The lowest BCUT2D eigenvalue weighted by Crippen LogP contribution is -2.20. The van der Waals surface area contributed by atoms with Crippen molar-refractivity contribution in [2.45, 2.75) is 52.0 Å². The van der Waals surface area contributed by atoms with Crippen LogP contribution in [0.25, 0.3) is 0 Å². The van der Waals surface area contributed by atoms with Crippen LogP contribution in [0.1, 0.15) is 44.2 Å². The SMILES string of the molecule is CCc1ccc(CC(C)CCNC2CC2)cc1. The average Bonchev–Trinajstić information content (AvgIpc) is 3.14. The van der Waals surface area contributed by atoms with Crippen LogP contribution in [-0.2, 0) is 12.8 Å². The largest absolute Gasteiger partial charge is 0.314 e. The predicted octanol–water partition coefficient (Wildman–Crippen LogP) is 3.57. The lowest BCUT2D eigenvalue weighted by molar-refractivity contribution is 0.497. The highest BCUT2D eigenvalue weighted by Crippen LogP contribution is 2.19. The second kappa shape index (κ2) is 6.20. The Balaban J connectivity index is 1.70. The Bertz CT molecular complexity index is 324. The zero-order valence-electron chi connectivity index (χ0n) is 11.2. The summed E-state index contributed by atoms with van der Waals surface area (Å²) < 4.78 is 0. The van der Waals surface area contributed by atoms with Crippen molar-refractivity contribution in [3.05, 3.63) is 35.4 Å². The van der Waals surface area contributed by atoms with Gasteiger partial charge in [-0.1, -0.05) is 38.1 Å². The summed E-state index contributed by atoms with van der Waals surface area (Å²) in [4.78, 5) is 0. The number of aryl methyl sites for hydroxylation is 1. The molecule has 1 heteroatoms. The second-order valence-corrected chi connectivity index (χ2v) is 5.50. The molecular formula is C16H25N. The van der Waals surface area contributed by atoms with Gasteiger partial charge >= 0.3 is 0 Å². The summed E-state index contributed by atoms with van der Waals surface area (Å²) in [6, 6.07) is 9.98. The smallest absolute Gasteiger partial charge is 0.00682 e. The molecule has 0 bridgehead atoms. The Morgan fingerprint density at radius 1 is 1.18 bits per heavy atom. The molecule has 1 fully saturated rings. The molecule has 0 heterocycles. The van der Waals surface area contributed by atoms with E-state index in [-0.39, 0.29) is 0 Å². The molecule has 1 atom stereocenters. The third kappa shape index (κ3) is 4.51. The molecule has 17 heavy (non-hydrogen) atoms. The molecule has 0 spiro atoms. The van der Waals surface area contributed by atoms with E-state index in [0.29, 0.717) is 0 Å². The summed E-state index contributed by atoms with van der Waals surface area (Å²) >= 11 is 0. The normalized spacial score (nSPS) is 17.1. The Morgan fingerprint density at radius 2 is 1.82 bits per heavy atom. The Labute approximate surface area is 106 Å². The molecule has 0 amide bonds. The van der Waals surface area contributed by atoms with Gasteiger partial charge in [0.15, 0.2) is 0 Å². The molecule has 1 aliphatic carbocycles. The van der Waals surface area contributed by atoms with Crippen molar-refractivity contribution in [2.24, 2.45) is 5.92 Å². The third-order valence-corrected chi connectivity index (χ3v) is 3.66. The first-order valence-electron chi connectivity index (χ1n) is 7.09. The highest BCUT2D eigenvalue weighted by molar-refractivity contribution is 5.22. The van der Waals surface area contributed by atoms with E-state index in [0.717, 1.165) is 18.4 Å². The molecule has 2 rings (SSSR count). The highest BCUT2D eigenvalue weighted by atomic mass is 14.9. The van der Waals surface area contributed by atoms with Gasteiger partial charge in [0, 0.05) is 6.04 Å². The summed E-state index contributed by atoms with van der Waals surface area (Å²) in [5.41, 5.74) is 2.93. The van der Waals surface area contributed by atoms with E-state index in [2.05, 4.69) is 43.4 Å². The van der Waals surface area contributed by atoms with E-state index in [1.54, 1.807) is 0 Å². The molecule has 1 aromatic carbocycles. The van der Waals surface area contributed by atoms with Crippen LogP contribution in [0.15, 0.2) is 24.3 Å². The van der Waals surface area contributed by atoms with Crippen LogP contribution in [0.4, 0.5) is 0 Å². The van der Waals surface area contributed by atoms with Gasteiger partial charge in [-0.3, -0.25) is 0 Å². The van der Waals surface area contributed by atoms with Gasteiger partial charge in [-0.2, -0.15) is 0 Å². The van der Waals surface area contributed by atoms with Crippen LogP contribution in [-0.4, -0.2) is 12.6 Å². The number of rotatable bonds is 7. The minimum atomic E-state index is 0.786. The first-order chi connectivity index (χ1) is 8.28. The van der Waals surface area contributed by atoms with E-state index >= 15 is 0 Å². The summed E-state index contributed by atoms with van der Waals surface area (Å²) in [5.74, 6) is 0.786. The van der Waals surface area contributed by atoms with Crippen molar-refractivity contribution in [3.8, 4) is 0 Å². The van der Waals surface area contributed by atoms with Gasteiger partial charge in [0.2, 0.25) is 0 Å². The Kier molecular flexibility index (Phi) is 4.61. The summed E-state index contributed by atoms with van der Waals surface area (Å²) in [6.45, 7) is 5.77. The van der Waals surface area contributed by atoms with Crippen molar-refractivity contribution in [2.75, 3.05) is 6.54 Å². The molecule has 0 aromatic heterocycles. The molecule has 1 aromatic rings. The topological polar surface area (TPSA) is 12.0 Å². The number of hydrogen-bond acceptors (Lipinski definition) is 1. The van der Waals surface area contributed by atoms with E-state index in [9.17, 15) is 0 Å². The first-order valence-corrected chi connectivity index (χ1v) is 7.09. The van der Waals surface area contributed by atoms with Crippen molar-refractivity contribution >= 4 is 0 Å². The average molecular weight is 231 g/mol. The monoisotopic (exact) mass is 231 g/mol. The molecule has 0 aliphatic heterocycles. The molecule has 0 radical (unpaired) electrons. The van der Waals surface area contributed by atoms with Crippen LogP contribution in [0.3, 0.4) is 0 Å². The minimum absolute atomic E-state index is 0.786. The van der Waals surface area contributed by atoms with Crippen molar-refractivity contribution < 1.29 is 0 Å². The fourth-order valence-corrected chi connectivity index (χ4v) is 2.24. The van der Waals surface area contributed by atoms with E-state index in [4.69, 9.17) is 0 Å². The van der Waals surface area contributed by atoms with E-state index < -0.39 is 0 Å². The van der Waals surface area contributed by atoms with Crippen LogP contribution in [0.5, 0.6) is 0 Å². The summed E-state index contributed by atoms with van der Waals surface area (Å²) in [7, 11) is 0. The molecule has 94 valence electrons. The van der Waals surface area contributed by atoms with Crippen LogP contribution in [0.2, 0.25) is 0 Å². The Hall–Kier alpha value is -0.820. The summed E-state index contributed by atoms with van der Waals surface area (Å²) in [6.07, 6.45) is 6.45. The predicted molar refractivity (Wildman–Crippen MR) is 74.3 cm³/mol. The maximum Gasteiger partial charge on any atom is 0.00682 e. The van der Waals surface area contributed by atoms with Gasteiger partial charge in [-0.05, 0) is 55.7 Å². The number of hydrogen-bond donors (Lipinski definition) is 1. The van der Waals surface area contributed by atoms with Gasteiger partial charge < -0.3 is 5.32 Å². The van der Waals surface area contributed by atoms with Crippen molar-refractivity contribution in [1.29, 1.82) is 0 Å². The fraction of sp³-hybridized carbons (Fsp3) is 0.625. The molecule has 1 N–H and O–H groups in total. The van der Waals surface area contributed by atoms with Gasteiger partial charge in [-0.15, -0.1) is 0 Å². The molecule has 0 saturated heterocycles. The van der Waals surface area contributed by atoms with Gasteiger partial charge in [0.05, 0.1) is 0 Å². The van der Waals surface area contributed by atoms with Gasteiger partial charge in [0.1, 0.15) is 0 Å². The molecule has 1 aliphatic rings.